The zero-order chi connectivity index (χ0) is 19.1. The molecule has 136 valence electrons. The smallest absolute Gasteiger partial charge is 0.345 e. The van der Waals surface area contributed by atoms with Gasteiger partial charge in [0.25, 0.3) is 5.91 Å². The van der Waals surface area contributed by atoms with Crippen molar-refractivity contribution in [3.8, 4) is 5.75 Å². The van der Waals surface area contributed by atoms with Crippen molar-refractivity contribution in [2.45, 2.75) is 6.92 Å². The van der Waals surface area contributed by atoms with Gasteiger partial charge in [0, 0.05) is 18.1 Å². The summed E-state index contributed by atoms with van der Waals surface area (Å²) in [5.74, 6) is 0.544. The zero-order valence-corrected chi connectivity index (χ0v) is 15.9. The van der Waals surface area contributed by atoms with Crippen LogP contribution in [0.2, 0.25) is 0 Å². The maximum Gasteiger partial charge on any atom is 0.345 e. The summed E-state index contributed by atoms with van der Waals surface area (Å²) in [6.45, 7) is 1.98. The average Bonchev–Trinajstić information content (AvgIpc) is 3.14. The van der Waals surface area contributed by atoms with Crippen LogP contribution in [0.3, 0.4) is 0 Å². The Morgan fingerprint density at radius 3 is 2.52 bits per heavy atom. The predicted molar refractivity (Wildman–Crippen MR) is 108 cm³/mol. The van der Waals surface area contributed by atoms with Crippen LogP contribution in [0.5, 0.6) is 5.75 Å². The molecule has 27 heavy (non-hydrogen) atoms. The van der Waals surface area contributed by atoms with Crippen LogP contribution >= 0.6 is 11.3 Å². The van der Waals surface area contributed by atoms with E-state index in [0.29, 0.717) is 15.8 Å². The van der Waals surface area contributed by atoms with Crippen LogP contribution in [0.4, 0.5) is 5.69 Å². The number of thiophene rings is 1. The molecule has 0 spiro atoms. The highest BCUT2D eigenvalue weighted by Gasteiger charge is 2.19. The molecule has 1 amide bonds. The lowest BCUT2D eigenvalue weighted by molar-refractivity contribution is 0.0997. The molecule has 2 aromatic heterocycles. The molecular formula is C21H17NO4S. The molecule has 4 aromatic rings. The van der Waals surface area contributed by atoms with Gasteiger partial charge in [0.1, 0.15) is 11.3 Å². The first-order valence-electron chi connectivity index (χ1n) is 8.37. The molecule has 0 unspecified atom stereocenters. The molecule has 0 atom stereocenters. The van der Waals surface area contributed by atoms with Gasteiger partial charge in [-0.2, -0.15) is 0 Å². The number of carbonyl (C=O) groups excluding carboxylic acids is 1. The van der Waals surface area contributed by atoms with Crippen LogP contribution < -0.4 is 15.3 Å². The third-order valence-corrected chi connectivity index (χ3v) is 5.67. The highest BCUT2D eigenvalue weighted by molar-refractivity contribution is 7.21. The highest BCUT2D eigenvalue weighted by atomic mass is 32.1. The third-order valence-electron chi connectivity index (χ3n) is 4.51. The summed E-state index contributed by atoms with van der Waals surface area (Å²) in [6.07, 6.45) is 0. The third kappa shape index (κ3) is 2.98. The van der Waals surface area contributed by atoms with Crippen molar-refractivity contribution in [2.24, 2.45) is 0 Å². The number of amides is 1. The first-order valence-corrected chi connectivity index (χ1v) is 9.18. The van der Waals surface area contributed by atoms with Gasteiger partial charge in [-0.05, 0) is 49.4 Å². The number of rotatable bonds is 3. The number of anilines is 1. The molecule has 0 saturated carbocycles. The summed E-state index contributed by atoms with van der Waals surface area (Å²) in [6, 6.07) is 14.5. The number of carbonyl (C=O) groups is 1. The first kappa shape index (κ1) is 17.3. The standard InChI is InChI=1S/C21H17NO4S/c1-12-4-9-17-15(10-12)19-16(21(24)26-17)11-18(27-19)20(23)22(2)13-5-7-14(25-3)8-6-13/h4-11H,1-3H3. The monoisotopic (exact) mass is 379 g/mol. The molecule has 0 saturated heterocycles. The second kappa shape index (κ2) is 6.55. The highest BCUT2D eigenvalue weighted by Crippen LogP contribution is 2.32. The van der Waals surface area contributed by atoms with Gasteiger partial charge >= 0.3 is 5.63 Å². The molecular weight excluding hydrogens is 362 g/mol. The molecule has 0 N–H and O–H groups in total. The fraction of sp³-hybridized carbons (Fsp3) is 0.143. The summed E-state index contributed by atoms with van der Waals surface area (Å²) >= 11 is 1.31. The lowest BCUT2D eigenvalue weighted by atomic mass is 10.1. The molecule has 0 radical (unpaired) electrons. The predicted octanol–water partition coefficient (Wildman–Crippen LogP) is 4.60. The number of hydrogen-bond acceptors (Lipinski definition) is 5. The Kier molecular flexibility index (Phi) is 4.20. The lowest BCUT2D eigenvalue weighted by Crippen LogP contribution is -2.25. The maximum absolute atomic E-state index is 13.0. The van der Waals surface area contributed by atoms with Gasteiger partial charge in [-0.3, -0.25) is 4.79 Å². The van der Waals surface area contributed by atoms with Crippen LogP contribution in [0.25, 0.3) is 21.1 Å². The zero-order valence-electron chi connectivity index (χ0n) is 15.1. The van der Waals surface area contributed by atoms with Crippen LogP contribution in [0, 0.1) is 6.92 Å². The Bertz CT molecular complexity index is 1220. The van der Waals surface area contributed by atoms with E-state index in [0.717, 1.165) is 27.1 Å². The Morgan fingerprint density at radius 1 is 1.07 bits per heavy atom. The topological polar surface area (TPSA) is 59.8 Å². The molecule has 6 heteroatoms. The van der Waals surface area contributed by atoms with Crippen LogP contribution in [0.15, 0.2) is 57.7 Å². The fourth-order valence-electron chi connectivity index (χ4n) is 3.00. The second-order valence-electron chi connectivity index (χ2n) is 6.30. The van der Waals surface area contributed by atoms with E-state index >= 15 is 0 Å². The molecule has 0 aliphatic heterocycles. The minimum absolute atomic E-state index is 0.179. The van der Waals surface area contributed by atoms with Crippen molar-refractivity contribution >= 4 is 44.0 Å². The van der Waals surface area contributed by atoms with Gasteiger partial charge in [0.2, 0.25) is 0 Å². The first-order chi connectivity index (χ1) is 13.0. The molecule has 0 aliphatic carbocycles. The molecule has 0 bridgehead atoms. The Labute approximate surface area is 159 Å². The molecule has 2 aromatic carbocycles. The van der Waals surface area contributed by atoms with Gasteiger partial charge in [-0.15, -0.1) is 11.3 Å². The van der Waals surface area contributed by atoms with Crippen LogP contribution in [0.1, 0.15) is 15.2 Å². The quantitative estimate of drug-likeness (QED) is 0.488. The molecule has 0 aliphatic rings. The van der Waals surface area contributed by atoms with E-state index in [9.17, 15) is 9.59 Å². The SMILES string of the molecule is COc1ccc(N(C)C(=O)c2cc3c(=O)oc4ccc(C)cc4c3s2)cc1. The molecule has 2 heterocycles. The van der Waals surface area contributed by atoms with Gasteiger partial charge in [0.15, 0.2) is 0 Å². The maximum atomic E-state index is 13.0. The largest absolute Gasteiger partial charge is 0.497 e. The fourth-order valence-corrected chi connectivity index (χ4v) is 4.14. The lowest BCUT2D eigenvalue weighted by Gasteiger charge is -2.16. The number of ether oxygens (including phenoxy) is 1. The number of aryl methyl sites for hydroxylation is 1. The van der Waals surface area contributed by atoms with Gasteiger partial charge in [0.05, 0.1) is 22.1 Å². The Balaban J connectivity index is 1.79. The van der Waals surface area contributed by atoms with Crippen LogP contribution in [-0.4, -0.2) is 20.1 Å². The van der Waals surface area contributed by atoms with Crippen molar-refractivity contribution in [3.63, 3.8) is 0 Å². The summed E-state index contributed by atoms with van der Waals surface area (Å²) in [5.41, 5.74) is 1.91. The molecule has 4 rings (SSSR count). The van der Waals surface area contributed by atoms with Gasteiger partial charge < -0.3 is 14.1 Å². The number of fused-ring (bicyclic) bond motifs is 3. The van der Waals surface area contributed by atoms with Crippen molar-refractivity contribution in [3.05, 3.63) is 69.4 Å². The summed E-state index contributed by atoms with van der Waals surface area (Å²) in [5, 5.41) is 1.28. The number of methoxy groups -OCH3 is 1. The molecule has 5 nitrogen and oxygen atoms in total. The van der Waals surface area contributed by atoms with Crippen molar-refractivity contribution in [1.29, 1.82) is 0 Å². The second-order valence-corrected chi connectivity index (χ2v) is 7.36. The van der Waals surface area contributed by atoms with E-state index in [1.165, 1.54) is 11.3 Å². The summed E-state index contributed by atoms with van der Waals surface area (Å²) in [4.78, 5) is 27.3. The summed E-state index contributed by atoms with van der Waals surface area (Å²) < 4.78 is 11.3. The van der Waals surface area contributed by atoms with E-state index in [1.54, 1.807) is 43.3 Å². The number of nitrogens with zero attached hydrogens (tertiary/aromatic N) is 1. The minimum atomic E-state index is -0.427. The normalized spacial score (nSPS) is 11.1. The van der Waals surface area contributed by atoms with E-state index < -0.39 is 5.63 Å². The van der Waals surface area contributed by atoms with E-state index in [-0.39, 0.29) is 5.91 Å². The number of benzene rings is 2. The minimum Gasteiger partial charge on any atom is -0.497 e. The van der Waals surface area contributed by atoms with Crippen LogP contribution in [-0.2, 0) is 0 Å². The molecule has 0 fully saturated rings. The van der Waals surface area contributed by atoms with E-state index in [1.807, 2.05) is 31.2 Å². The van der Waals surface area contributed by atoms with Crippen molar-refractivity contribution in [2.75, 3.05) is 19.1 Å². The summed E-state index contributed by atoms with van der Waals surface area (Å²) in [7, 11) is 3.30. The number of hydrogen-bond donors (Lipinski definition) is 0. The van der Waals surface area contributed by atoms with Crippen molar-refractivity contribution < 1.29 is 13.9 Å². The van der Waals surface area contributed by atoms with Gasteiger partial charge in [-0.25, -0.2) is 4.79 Å². The van der Waals surface area contributed by atoms with Crippen molar-refractivity contribution in [1.82, 2.24) is 0 Å². The Hall–Kier alpha value is -3.12. The van der Waals surface area contributed by atoms with E-state index in [4.69, 9.17) is 9.15 Å². The Morgan fingerprint density at radius 2 is 1.81 bits per heavy atom. The van der Waals surface area contributed by atoms with E-state index in [2.05, 4.69) is 0 Å². The van der Waals surface area contributed by atoms with Gasteiger partial charge in [-0.1, -0.05) is 11.6 Å². The average molecular weight is 379 g/mol.